The molecule has 0 spiro atoms. The van der Waals surface area contributed by atoms with E-state index in [1.165, 1.54) is 0 Å². The van der Waals surface area contributed by atoms with E-state index in [2.05, 4.69) is 19.7 Å². The Hall–Kier alpha value is -3.61. The molecule has 0 bridgehead atoms. The van der Waals surface area contributed by atoms with Crippen LogP contribution < -0.4 is 14.8 Å². The van der Waals surface area contributed by atoms with E-state index in [1.807, 2.05) is 56.6 Å². The van der Waals surface area contributed by atoms with Crippen molar-refractivity contribution in [3.8, 4) is 22.8 Å². The van der Waals surface area contributed by atoms with E-state index in [9.17, 15) is 0 Å². The van der Waals surface area contributed by atoms with Gasteiger partial charge in [0.2, 0.25) is 0 Å². The van der Waals surface area contributed by atoms with Gasteiger partial charge in [-0.1, -0.05) is 6.07 Å². The first-order valence-electron chi connectivity index (χ1n) is 9.32. The second-order valence-electron chi connectivity index (χ2n) is 6.75. The van der Waals surface area contributed by atoms with Crippen LogP contribution in [0, 0.1) is 13.8 Å². The summed E-state index contributed by atoms with van der Waals surface area (Å²) in [4.78, 5) is 13.6. The molecule has 0 amide bonds. The standard InChI is InChI=1S/C22H23N5O2/c1-14-13-27-20(17-7-8-18(28-3)19(10-17)29-4)15(2)26-22(27)21(25-14)24-12-16-6-5-9-23-11-16/h5-11,13H,12H2,1-4H3,(H,24,25). The van der Waals surface area contributed by atoms with E-state index in [0.717, 1.165) is 39.7 Å². The van der Waals surface area contributed by atoms with Gasteiger partial charge in [-0.05, 0) is 43.7 Å². The number of hydrogen-bond acceptors (Lipinski definition) is 6. The lowest BCUT2D eigenvalue weighted by Gasteiger charge is -2.11. The molecule has 3 aromatic heterocycles. The third-order valence-electron chi connectivity index (χ3n) is 4.74. The van der Waals surface area contributed by atoms with Gasteiger partial charge in [0.05, 0.1) is 31.3 Å². The molecule has 7 heteroatoms. The lowest BCUT2D eigenvalue weighted by molar-refractivity contribution is 0.355. The van der Waals surface area contributed by atoms with Gasteiger partial charge < -0.3 is 14.8 Å². The molecular formula is C22H23N5O2. The quantitative estimate of drug-likeness (QED) is 0.537. The second-order valence-corrected chi connectivity index (χ2v) is 6.75. The van der Waals surface area contributed by atoms with Crippen LogP contribution in [0.15, 0.2) is 48.9 Å². The minimum atomic E-state index is 0.623. The molecule has 0 aliphatic rings. The molecule has 0 saturated heterocycles. The Balaban J connectivity index is 1.79. The van der Waals surface area contributed by atoms with Crippen LogP contribution in [-0.4, -0.2) is 33.6 Å². The first-order chi connectivity index (χ1) is 14.1. The SMILES string of the molecule is COc1ccc(-c2c(C)nc3c(NCc4cccnc4)nc(C)cn23)cc1OC. The fourth-order valence-electron chi connectivity index (χ4n) is 3.42. The summed E-state index contributed by atoms with van der Waals surface area (Å²) >= 11 is 0. The summed E-state index contributed by atoms with van der Waals surface area (Å²) in [6.45, 7) is 4.60. The van der Waals surface area contributed by atoms with Crippen LogP contribution in [0.4, 0.5) is 5.82 Å². The zero-order chi connectivity index (χ0) is 20.4. The van der Waals surface area contributed by atoms with Crippen molar-refractivity contribution in [2.75, 3.05) is 19.5 Å². The first-order valence-corrected chi connectivity index (χ1v) is 9.32. The van der Waals surface area contributed by atoms with Crippen LogP contribution in [0.1, 0.15) is 17.0 Å². The highest BCUT2D eigenvalue weighted by molar-refractivity contribution is 5.74. The molecule has 7 nitrogen and oxygen atoms in total. The molecule has 0 aliphatic heterocycles. The smallest absolute Gasteiger partial charge is 0.180 e. The normalized spacial score (nSPS) is 10.9. The van der Waals surface area contributed by atoms with Gasteiger partial charge >= 0.3 is 0 Å². The van der Waals surface area contributed by atoms with Crippen molar-refractivity contribution in [2.24, 2.45) is 0 Å². The van der Waals surface area contributed by atoms with Crippen LogP contribution in [-0.2, 0) is 6.54 Å². The lowest BCUT2D eigenvalue weighted by Crippen LogP contribution is -2.05. The van der Waals surface area contributed by atoms with Crippen LogP contribution in [0.3, 0.4) is 0 Å². The zero-order valence-electron chi connectivity index (χ0n) is 16.9. The van der Waals surface area contributed by atoms with Crippen LogP contribution in [0.25, 0.3) is 16.9 Å². The van der Waals surface area contributed by atoms with Crippen molar-refractivity contribution in [1.29, 1.82) is 0 Å². The Kier molecular flexibility index (Phi) is 5.03. The molecule has 0 radical (unpaired) electrons. The van der Waals surface area contributed by atoms with Gasteiger partial charge in [0.15, 0.2) is 23.0 Å². The Morgan fingerprint density at radius 3 is 2.59 bits per heavy atom. The molecular weight excluding hydrogens is 366 g/mol. The van der Waals surface area contributed by atoms with Crippen molar-refractivity contribution in [1.82, 2.24) is 19.4 Å². The van der Waals surface area contributed by atoms with Gasteiger partial charge in [-0.3, -0.25) is 9.38 Å². The van der Waals surface area contributed by atoms with Crippen molar-refractivity contribution in [2.45, 2.75) is 20.4 Å². The van der Waals surface area contributed by atoms with Crippen molar-refractivity contribution < 1.29 is 9.47 Å². The number of fused-ring (bicyclic) bond motifs is 1. The molecule has 4 rings (SSSR count). The van der Waals surface area contributed by atoms with Crippen molar-refractivity contribution in [3.05, 3.63) is 65.9 Å². The third kappa shape index (κ3) is 3.59. The fraction of sp³-hybridized carbons (Fsp3) is 0.227. The maximum Gasteiger partial charge on any atom is 0.180 e. The van der Waals surface area contributed by atoms with Crippen LogP contribution in [0.2, 0.25) is 0 Å². The molecule has 0 atom stereocenters. The largest absolute Gasteiger partial charge is 0.493 e. The number of aromatic nitrogens is 4. The van der Waals surface area contributed by atoms with E-state index >= 15 is 0 Å². The predicted octanol–water partition coefficient (Wildman–Crippen LogP) is 4.04. The van der Waals surface area contributed by atoms with E-state index < -0.39 is 0 Å². The van der Waals surface area contributed by atoms with Crippen LogP contribution >= 0.6 is 0 Å². The van der Waals surface area contributed by atoms with Crippen molar-refractivity contribution >= 4 is 11.5 Å². The number of imidazole rings is 1. The predicted molar refractivity (Wildman–Crippen MR) is 113 cm³/mol. The van der Waals surface area contributed by atoms with Gasteiger partial charge in [0, 0.05) is 30.7 Å². The number of rotatable bonds is 6. The van der Waals surface area contributed by atoms with Crippen LogP contribution in [0.5, 0.6) is 11.5 Å². The number of methoxy groups -OCH3 is 2. The average molecular weight is 389 g/mol. The van der Waals surface area contributed by atoms with E-state index in [4.69, 9.17) is 14.5 Å². The maximum absolute atomic E-state index is 5.48. The van der Waals surface area contributed by atoms with E-state index in [-0.39, 0.29) is 0 Å². The number of nitrogens with zero attached hydrogens (tertiary/aromatic N) is 4. The molecule has 0 unspecified atom stereocenters. The fourth-order valence-corrected chi connectivity index (χ4v) is 3.42. The molecule has 4 aromatic rings. The molecule has 148 valence electrons. The summed E-state index contributed by atoms with van der Waals surface area (Å²) < 4.78 is 12.9. The van der Waals surface area contributed by atoms with E-state index in [1.54, 1.807) is 20.4 Å². The van der Waals surface area contributed by atoms with Gasteiger partial charge in [-0.2, -0.15) is 0 Å². The molecule has 0 fully saturated rings. The third-order valence-corrected chi connectivity index (χ3v) is 4.74. The van der Waals surface area contributed by atoms with Gasteiger partial charge in [0.25, 0.3) is 0 Å². The van der Waals surface area contributed by atoms with Gasteiger partial charge in [-0.15, -0.1) is 0 Å². The highest BCUT2D eigenvalue weighted by Gasteiger charge is 2.17. The Morgan fingerprint density at radius 1 is 1.03 bits per heavy atom. The summed E-state index contributed by atoms with van der Waals surface area (Å²) in [5.74, 6) is 2.11. The monoisotopic (exact) mass is 389 g/mol. The topological polar surface area (TPSA) is 73.6 Å². The van der Waals surface area contributed by atoms with Gasteiger partial charge in [0.1, 0.15) is 0 Å². The molecule has 1 aromatic carbocycles. The summed E-state index contributed by atoms with van der Waals surface area (Å²) in [5, 5.41) is 3.40. The second kappa shape index (κ2) is 7.79. The highest BCUT2D eigenvalue weighted by atomic mass is 16.5. The number of benzene rings is 1. The first kappa shape index (κ1) is 18.7. The Bertz CT molecular complexity index is 1160. The number of nitrogens with one attached hydrogen (secondary N) is 1. The zero-order valence-corrected chi connectivity index (χ0v) is 16.9. The minimum absolute atomic E-state index is 0.623. The summed E-state index contributed by atoms with van der Waals surface area (Å²) in [6, 6.07) is 9.83. The Labute approximate surface area is 169 Å². The summed E-state index contributed by atoms with van der Waals surface area (Å²) in [6.07, 6.45) is 5.60. The lowest BCUT2D eigenvalue weighted by atomic mass is 10.1. The van der Waals surface area contributed by atoms with Gasteiger partial charge in [-0.25, -0.2) is 9.97 Å². The molecule has 1 N–H and O–H groups in total. The number of ether oxygens (including phenoxy) is 2. The number of anilines is 1. The molecule has 29 heavy (non-hydrogen) atoms. The average Bonchev–Trinajstić information content (AvgIpc) is 3.07. The number of pyridine rings is 1. The van der Waals surface area contributed by atoms with Crippen molar-refractivity contribution in [3.63, 3.8) is 0 Å². The highest BCUT2D eigenvalue weighted by Crippen LogP contribution is 2.34. The molecule has 0 saturated carbocycles. The summed E-state index contributed by atoms with van der Waals surface area (Å²) in [7, 11) is 3.27. The minimum Gasteiger partial charge on any atom is -0.493 e. The number of aryl methyl sites for hydroxylation is 2. The number of hydrogen-bond donors (Lipinski definition) is 1. The van der Waals surface area contributed by atoms with E-state index in [0.29, 0.717) is 18.0 Å². The molecule has 0 aliphatic carbocycles. The molecule has 3 heterocycles. The maximum atomic E-state index is 5.48. The Morgan fingerprint density at radius 2 is 1.86 bits per heavy atom. The summed E-state index contributed by atoms with van der Waals surface area (Å²) in [5.41, 5.74) is 5.66.